The summed E-state index contributed by atoms with van der Waals surface area (Å²) in [6.07, 6.45) is 1.88. The van der Waals surface area contributed by atoms with Gasteiger partial charge in [0.1, 0.15) is 0 Å². The normalized spacial score (nSPS) is 12.7. The first kappa shape index (κ1) is 15.3. The van der Waals surface area contributed by atoms with E-state index in [0.717, 1.165) is 17.6 Å². The Labute approximate surface area is 129 Å². The second kappa shape index (κ2) is 6.55. The van der Waals surface area contributed by atoms with Crippen molar-refractivity contribution in [2.45, 2.75) is 40.3 Å². The highest BCUT2D eigenvalue weighted by Crippen LogP contribution is 2.29. The molecule has 2 aromatic rings. The van der Waals surface area contributed by atoms with Gasteiger partial charge in [-0.2, -0.15) is 5.10 Å². The highest BCUT2D eigenvalue weighted by molar-refractivity contribution is 9.10. The molecule has 0 fully saturated rings. The molecule has 1 aromatic carbocycles. The van der Waals surface area contributed by atoms with Gasteiger partial charge in [-0.25, -0.2) is 0 Å². The summed E-state index contributed by atoms with van der Waals surface area (Å²) in [6.45, 7) is 10.3. The average Bonchev–Trinajstić information content (AvgIpc) is 2.80. The van der Waals surface area contributed by atoms with E-state index in [4.69, 9.17) is 0 Å². The molecule has 0 spiro atoms. The van der Waals surface area contributed by atoms with Gasteiger partial charge in [-0.1, -0.05) is 25.1 Å². The van der Waals surface area contributed by atoms with Crippen LogP contribution in [0, 0.1) is 13.8 Å². The quantitative estimate of drug-likeness (QED) is 0.895. The SMILES string of the molecule is CCNC(c1ccc(C)c(C)c1)c1c(Br)cnn1CC. The van der Waals surface area contributed by atoms with Crippen molar-refractivity contribution in [1.29, 1.82) is 0 Å². The molecular formula is C16H22BrN3. The summed E-state index contributed by atoms with van der Waals surface area (Å²) in [6, 6.07) is 6.82. The van der Waals surface area contributed by atoms with Gasteiger partial charge in [0.2, 0.25) is 0 Å². The van der Waals surface area contributed by atoms with Crippen molar-refractivity contribution >= 4 is 15.9 Å². The van der Waals surface area contributed by atoms with Gasteiger partial charge in [-0.05, 0) is 59.9 Å². The highest BCUT2D eigenvalue weighted by atomic mass is 79.9. The molecule has 4 heteroatoms. The van der Waals surface area contributed by atoms with Crippen molar-refractivity contribution in [1.82, 2.24) is 15.1 Å². The molecule has 2 rings (SSSR count). The minimum absolute atomic E-state index is 0.163. The molecule has 1 heterocycles. The molecule has 3 nitrogen and oxygen atoms in total. The third-order valence-electron chi connectivity index (χ3n) is 3.68. The van der Waals surface area contributed by atoms with Crippen LogP contribution in [0.25, 0.3) is 0 Å². The van der Waals surface area contributed by atoms with E-state index in [0.29, 0.717) is 0 Å². The van der Waals surface area contributed by atoms with Crippen LogP contribution in [0.3, 0.4) is 0 Å². The number of halogens is 1. The second-order valence-corrected chi connectivity index (χ2v) is 5.88. The molecule has 0 bridgehead atoms. The van der Waals surface area contributed by atoms with Crippen molar-refractivity contribution < 1.29 is 0 Å². The van der Waals surface area contributed by atoms with E-state index < -0.39 is 0 Å². The summed E-state index contributed by atoms with van der Waals surface area (Å²) in [5.41, 5.74) is 5.12. The van der Waals surface area contributed by atoms with Crippen molar-refractivity contribution in [3.63, 3.8) is 0 Å². The van der Waals surface area contributed by atoms with Gasteiger partial charge in [0.25, 0.3) is 0 Å². The molecule has 0 amide bonds. The van der Waals surface area contributed by atoms with Crippen molar-refractivity contribution in [2.24, 2.45) is 0 Å². The van der Waals surface area contributed by atoms with E-state index in [-0.39, 0.29) is 6.04 Å². The Morgan fingerprint density at radius 2 is 2.00 bits per heavy atom. The maximum absolute atomic E-state index is 4.43. The lowest BCUT2D eigenvalue weighted by molar-refractivity contribution is 0.540. The maximum Gasteiger partial charge on any atom is 0.0759 e. The molecule has 1 aromatic heterocycles. The van der Waals surface area contributed by atoms with Crippen LogP contribution in [0.1, 0.15) is 42.3 Å². The van der Waals surface area contributed by atoms with Crippen LogP contribution in [0.5, 0.6) is 0 Å². The largest absolute Gasteiger partial charge is 0.305 e. The molecule has 1 atom stereocenters. The number of nitrogens with one attached hydrogen (secondary N) is 1. The predicted molar refractivity (Wildman–Crippen MR) is 87.0 cm³/mol. The third kappa shape index (κ3) is 2.96. The zero-order valence-electron chi connectivity index (χ0n) is 12.6. The van der Waals surface area contributed by atoms with Crippen LogP contribution >= 0.6 is 15.9 Å². The molecule has 0 aliphatic carbocycles. The van der Waals surface area contributed by atoms with Gasteiger partial charge in [0, 0.05) is 6.54 Å². The molecule has 0 saturated heterocycles. The fourth-order valence-corrected chi connectivity index (χ4v) is 2.96. The summed E-state index contributed by atoms with van der Waals surface area (Å²) >= 11 is 3.64. The van der Waals surface area contributed by atoms with Gasteiger partial charge in [0.15, 0.2) is 0 Å². The van der Waals surface area contributed by atoms with E-state index in [2.05, 4.69) is 72.2 Å². The Kier molecular flexibility index (Phi) is 5.00. The summed E-state index contributed by atoms with van der Waals surface area (Å²) in [7, 11) is 0. The first-order valence-corrected chi connectivity index (χ1v) is 7.89. The topological polar surface area (TPSA) is 29.9 Å². The highest BCUT2D eigenvalue weighted by Gasteiger charge is 2.21. The lowest BCUT2D eigenvalue weighted by atomic mass is 9.99. The van der Waals surface area contributed by atoms with Crippen LogP contribution in [0.15, 0.2) is 28.9 Å². The second-order valence-electron chi connectivity index (χ2n) is 5.03. The Bertz CT molecular complexity index is 589. The van der Waals surface area contributed by atoms with Crippen LogP contribution in [-0.4, -0.2) is 16.3 Å². The number of aromatic nitrogens is 2. The average molecular weight is 336 g/mol. The molecule has 108 valence electrons. The summed E-state index contributed by atoms with van der Waals surface area (Å²) < 4.78 is 3.11. The van der Waals surface area contributed by atoms with Crippen molar-refractivity contribution in [3.8, 4) is 0 Å². The van der Waals surface area contributed by atoms with E-state index in [9.17, 15) is 0 Å². The Morgan fingerprint density at radius 3 is 2.60 bits per heavy atom. The lowest BCUT2D eigenvalue weighted by Crippen LogP contribution is -2.25. The molecule has 0 aliphatic heterocycles. The molecule has 20 heavy (non-hydrogen) atoms. The molecule has 0 saturated carbocycles. The van der Waals surface area contributed by atoms with Crippen LogP contribution in [0.4, 0.5) is 0 Å². The fraction of sp³-hybridized carbons (Fsp3) is 0.438. The summed E-state index contributed by atoms with van der Waals surface area (Å²) in [5.74, 6) is 0. The molecule has 0 radical (unpaired) electrons. The number of aryl methyl sites for hydroxylation is 3. The minimum atomic E-state index is 0.163. The van der Waals surface area contributed by atoms with Crippen molar-refractivity contribution in [3.05, 3.63) is 51.3 Å². The van der Waals surface area contributed by atoms with Gasteiger partial charge < -0.3 is 5.32 Å². The van der Waals surface area contributed by atoms with Gasteiger partial charge >= 0.3 is 0 Å². The standard InChI is InChI=1S/C16H22BrN3/c1-5-18-15(13-8-7-11(3)12(4)9-13)16-14(17)10-19-20(16)6-2/h7-10,15,18H,5-6H2,1-4H3. The third-order valence-corrected chi connectivity index (χ3v) is 4.29. The number of rotatable bonds is 5. The van der Waals surface area contributed by atoms with Crippen LogP contribution < -0.4 is 5.32 Å². The smallest absolute Gasteiger partial charge is 0.0759 e. The zero-order valence-corrected chi connectivity index (χ0v) is 14.2. The summed E-state index contributed by atoms with van der Waals surface area (Å²) in [5, 5.41) is 8.01. The fourth-order valence-electron chi connectivity index (χ4n) is 2.43. The number of hydrogen-bond acceptors (Lipinski definition) is 2. The van der Waals surface area contributed by atoms with E-state index in [1.165, 1.54) is 22.4 Å². The van der Waals surface area contributed by atoms with Crippen LogP contribution in [-0.2, 0) is 6.54 Å². The Morgan fingerprint density at radius 1 is 1.25 bits per heavy atom. The minimum Gasteiger partial charge on any atom is -0.305 e. The van der Waals surface area contributed by atoms with Gasteiger partial charge in [0.05, 0.1) is 22.4 Å². The lowest BCUT2D eigenvalue weighted by Gasteiger charge is -2.21. The van der Waals surface area contributed by atoms with Gasteiger partial charge in [-0.15, -0.1) is 0 Å². The first-order chi connectivity index (χ1) is 9.58. The molecule has 1 unspecified atom stereocenters. The summed E-state index contributed by atoms with van der Waals surface area (Å²) in [4.78, 5) is 0. The number of nitrogens with zero attached hydrogens (tertiary/aromatic N) is 2. The van der Waals surface area contributed by atoms with Crippen molar-refractivity contribution in [2.75, 3.05) is 6.54 Å². The molecular weight excluding hydrogens is 314 g/mol. The maximum atomic E-state index is 4.43. The van der Waals surface area contributed by atoms with Crippen LogP contribution in [0.2, 0.25) is 0 Å². The predicted octanol–water partition coefficient (Wildman–Crippen LogP) is 3.98. The zero-order chi connectivity index (χ0) is 14.7. The monoisotopic (exact) mass is 335 g/mol. The number of benzene rings is 1. The van der Waals surface area contributed by atoms with E-state index >= 15 is 0 Å². The van der Waals surface area contributed by atoms with E-state index in [1.807, 2.05) is 10.9 Å². The molecule has 0 aliphatic rings. The Balaban J connectivity index is 2.49. The first-order valence-electron chi connectivity index (χ1n) is 7.10. The Hall–Kier alpha value is -1.13. The molecule has 1 N–H and O–H groups in total. The van der Waals surface area contributed by atoms with E-state index in [1.54, 1.807) is 0 Å². The van der Waals surface area contributed by atoms with Gasteiger partial charge in [-0.3, -0.25) is 4.68 Å². The number of hydrogen-bond donors (Lipinski definition) is 1.